The molecule has 0 radical (unpaired) electrons. The molecule has 0 saturated heterocycles. The van der Waals surface area contributed by atoms with Crippen molar-refractivity contribution in [1.29, 1.82) is 0 Å². The summed E-state index contributed by atoms with van der Waals surface area (Å²) in [6, 6.07) is 3.44. The van der Waals surface area contributed by atoms with Crippen molar-refractivity contribution < 1.29 is 14.3 Å². The van der Waals surface area contributed by atoms with Crippen LogP contribution in [0.15, 0.2) is 18.3 Å². The second kappa shape index (κ2) is 5.43. The van der Waals surface area contributed by atoms with Crippen LogP contribution in [0.5, 0.6) is 0 Å². The zero-order chi connectivity index (χ0) is 12.9. The van der Waals surface area contributed by atoms with E-state index in [2.05, 4.69) is 10.3 Å². The van der Waals surface area contributed by atoms with Crippen LogP contribution >= 0.6 is 0 Å². The summed E-state index contributed by atoms with van der Waals surface area (Å²) in [5, 5.41) is 2.52. The van der Waals surface area contributed by atoms with Gasteiger partial charge in [0.1, 0.15) is 17.7 Å². The van der Waals surface area contributed by atoms with Crippen LogP contribution < -0.4 is 5.32 Å². The smallest absolute Gasteiger partial charge is 0.413 e. The maximum absolute atomic E-state index is 11.5. The van der Waals surface area contributed by atoms with E-state index in [4.69, 9.17) is 4.74 Å². The highest BCUT2D eigenvalue weighted by atomic mass is 16.6. The van der Waals surface area contributed by atoms with Gasteiger partial charge in [0.25, 0.3) is 0 Å². The topological polar surface area (TPSA) is 68.3 Å². The third-order valence-corrected chi connectivity index (χ3v) is 1.81. The predicted octanol–water partition coefficient (Wildman–Crippen LogP) is 2.17. The Balaban J connectivity index is 2.74. The summed E-state index contributed by atoms with van der Waals surface area (Å²) in [4.78, 5) is 26.0. The fourth-order valence-corrected chi connectivity index (χ4v) is 1.21. The SMILES string of the molecule is CC(C)(C)OC(=O)Nc1ncccc1CC=O. The van der Waals surface area contributed by atoms with Crippen molar-refractivity contribution in [2.24, 2.45) is 0 Å². The fraction of sp³-hybridized carbons (Fsp3) is 0.417. The molecule has 0 fully saturated rings. The van der Waals surface area contributed by atoms with E-state index >= 15 is 0 Å². The van der Waals surface area contributed by atoms with E-state index in [1.54, 1.807) is 39.1 Å². The fourth-order valence-electron chi connectivity index (χ4n) is 1.21. The summed E-state index contributed by atoms with van der Waals surface area (Å²) in [5.41, 5.74) is 0.0947. The summed E-state index contributed by atoms with van der Waals surface area (Å²) in [6.45, 7) is 5.33. The largest absolute Gasteiger partial charge is 0.444 e. The van der Waals surface area contributed by atoms with Crippen LogP contribution in [0.3, 0.4) is 0 Å². The molecule has 1 N–H and O–H groups in total. The number of pyridine rings is 1. The number of nitrogens with zero attached hydrogens (tertiary/aromatic N) is 1. The maximum atomic E-state index is 11.5. The van der Waals surface area contributed by atoms with E-state index < -0.39 is 11.7 Å². The number of aldehydes is 1. The molecule has 0 saturated carbocycles. The lowest BCUT2D eigenvalue weighted by Crippen LogP contribution is -2.27. The number of anilines is 1. The van der Waals surface area contributed by atoms with Gasteiger partial charge in [0.15, 0.2) is 0 Å². The van der Waals surface area contributed by atoms with Gasteiger partial charge in [-0.25, -0.2) is 9.78 Å². The molecular formula is C12H16N2O3. The predicted molar refractivity (Wildman–Crippen MR) is 63.9 cm³/mol. The van der Waals surface area contributed by atoms with Crippen LogP contribution in [0, 0.1) is 0 Å². The highest BCUT2D eigenvalue weighted by Crippen LogP contribution is 2.14. The highest BCUT2D eigenvalue weighted by molar-refractivity contribution is 5.85. The molecule has 0 unspecified atom stereocenters. The molecule has 5 nitrogen and oxygen atoms in total. The Hall–Kier alpha value is -1.91. The molecule has 0 atom stereocenters. The molecule has 0 aliphatic carbocycles. The van der Waals surface area contributed by atoms with Gasteiger partial charge < -0.3 is 9.53 Å². The molecule has 0 bridgehead atoms. The van der Waals surface area contributed by atoms with Gasteiger partial charge in [0, 0.05) is 18.2 Å². The first-order valence-electron chi connectivity index (χ1n) is 5.30. The van der Waals surface area contributed by atoms with Gasteiger partial charge in [-0.2, -0.15) is 0 Å². The Bertz CT molecular complexity index is 410. The molecule has 1 amide bonds. The molecule has 17 heavy (non-hydrogen) atoms. The average molecular weight is 236 g/mol. The van der Waals surface area contributed by atoms with Gasteiger partial charge in [-0.3, -0.25) is 5.32 Å². The van der Waals surface area contributed by atoms with Crippen molar-refractivity contribution in [2.75, 3.05) is 5.32 Å². The van der Waals surface area contributed by atoms with E-state index in [0.29, 0.717) is 11.4 Å². The van der Waals surface area contributed by atoms with Gasteiger partial charge in [-0.1, -0.05) is 6.07 Å². The highest BCUT2D eigenvalue weighted by Gasteiger charge is 2.17. The zero-order valence-corrected chi connectivity index (χ0v) is 10.2. The minimum absolute atomic E-state index is 0.207. The molecule has 1 aromatic rings. The number of ether oxygens (including phenoxy) is 1. The second-order valence-electron chi connectivity index (χ2n) is 4.51. The monoisotopic (exact) mass is 236 g/mol. The normalized spacial score (nSPS) is 10.8. The van der Waals surface area contributed by atoms with Gasteiger partial charge in [0.2, 0.25) is 0 Å². The van der Waals surface area contributed by atoms with Crippen LogP contribution in [-0.2, 0) is 16.0 Å². The third kappa shape index (κ3) is 4.63. The van der Waals surface area contributed by atoms with Crippen LogP contribution in [-0.4, -0.2) is 23.0 Å². The number of aromatic nitrogens is 1. The second-order valence-corrected chi connectivity index (χ2v) is 4.51. The Morgan fingerprint density at radius 1 is 1.53 bits per heavy atom. The van der Waals surface area contributed by atoms with E-state index in [1.165, 1.54) is 0 Å². The Kier molecular flexibility index (Phi) is 4.20. The van der Waals surface area contributed by atoms with E-state index in [1.807, 2.05) is 0 Å². The minimum atomic E-state index is -0.580. The van der Waals surface area contributed by atoms with Crippen LogP contribution in [0.25, 0.3) is 0 Å². The number of hydrogen-bond acceptors (Lipinski definition) is 4. The number of amides is 1. The number of carbonyl (C=O) groups excluding carboxylic acids is 2. The summed E-state index contributed by atoms with van der Waals surface area (Å²) in [7, 11) is 0. The Labute approximate surface area is 100 Å². The van der Waals surface area contributed by atoms with E-state index in [9.17, 15) is 9.59 Å². The maximum Gasteiger partial charge on any atom is 0.413 e. The standard InChI is InChI=1S/C12H16N2O3/c1-12(2,3)17-11(16)14-10-9(6-8-15)5-4-7-13-10/h4-5,7-8H,6H2,1-3H3,(H,13,14,16). The first-order chi connectivity index (χ1) is 7.92. The molecule has 0 aliphatic heterocycles. The first kappa shape index (κ1) is 13.2. The van der Waals surface area contributed by atoms with E-state index in [-0.39, 0.29) is 6.42 Å². The molecule has 0 aromatic carbocycles. The Morgan fingerprint density at radius 3 is 2.82 bits per heavy atom. The number of carbonyl (C=O) groups is 2. The molecule has 1 heterocycles. The zero-order valence-electron chi connectivity index (χ0n) is 10.2. The molecule has 0 aliphatic rings. The van der Waals surface area contributed by atoms with Gasteiger partial charge >= 0.3 is 6.09 Å². The quantitative estimate of drug-likeness (QED) is 0.816. The molecule has 1 aromatic heterocycles. The average Bonchev–Trinajstić information content (AvgIpc) is 2.18. The van der Waals surface area contributed by atoms with Gasteiger partial charge in [-0.05, 0) is 26.8 Å². The molecule has 5 heteroatoms. The lowest BCUT2D eigenvalue weighted by atomic mass is 10.2. The first-order valence-corrected chi connectivity index (χ1v) is 5.30. The minimum Gasteiger partial charge on any atom is -0.444 e. The molecule has 0 spiro atoms. The number of rotatable bonds is 3. The van der Waals surface area contributed by atoms with Gasteiger partial charge in [-0.15, -0.1) is 0 Å². The van der Waals surface area contributed by atoms with Gasteiger partial charge in [0.05, 0.1) is 0 Å². The number of nitrogens with one attached hydrogen (secondary N) is 1. The van der Waals surface area contributed by atoms with Crippen molar-refractivity contribution in [3.05, 3.63) is 23.9 Å². The lowest BCUT2D eigenvalue weighted by molar-refractivity contribution is -0.107. The Morgan fingerprint density at radius 2 is 2.24 bits per heavy atom. The molecule has 1 rings (SSSR count). The summed E-state index contributed by atoms with van der Waals surface area (Å²) in [5.74, 6) is 0.355. The summed E-state index contributed by atoms with van der Waals surface area (Å²) < 4.78 is 5.10. The van der Waals surface area contributed by atoms with E-state index in [0.717, 1.165) is 6.29 Å². The van der Waals surface area contributed by atoms with Crippen molar-refractivity contribution >= 4 is 18.2 Å². The summed E-state index contributed by atoms with van der Waals surface area (Å²) >= 11 is 0. The molecular weight excluding hydrogens is 220 g/mol. The number of hydrogen-bond donors (Lipinski definition) is 1. The van der Waals surface area contributed by atoms with Crippen LogP contribution in [0.4, 0.5) is 10.6 Å². The van der Waals surface area contributed by atoms with Crippen molar-refractivity contribution in [1.82, 2.24) is 4.98 Å². The van der Waals surface area contributed by atoms with Crippen molar-refractivity contribution in [3.8, 4) is 0 Å². The van der Waals surface area contributed by atoms with Crippen molar-refractivity contribution in [2.45, 2.75) is 32.8 Å². The molecule has 92 valence electrons. The van der Waals surface area contributed by atoms with Crippen LogP contribution in [0.2, 0.25) is 0 Å². The summed E-state index contributed by atoms with van der Waals surface area (Å²) in [6.07, 6.45) is 1.93. The van der Waals surface area contributed by atoms with Crippen molar-refractivity contribution in [3.63, 3.8) is 0 Å². The lowest BCUT2D eigenvalue weighted by Gasteiger charge is -2.19. The third-order valence-electron chi connectivity index (χ3n) is 1.81. The van der Waals surface area contributed by atoms with Crippen LogP contribution in [0.1, 0.15) is 26.3 Å².